The molecule has 0 amide bonds. The molecule has 5 fully saturated rings. The van der Waals surface area contributed by atoms with Gasteiger partial charge in [0.05, 0.1) is 0 Å². The van der Waals surface area contributed by atoms with Crippen LogP contribution < -0.4 is 0 Å². The number of hydrogen-bond acceptors (Lipinski definition) is 0. The molecule has 0 nitrogen and oxygen atoms in total. The number of hydrogen-bond donors (Lipinski definition) is 0. The van der Waals surface area contributed by atoms with Gasteiger partial charge in [0.1, 0.15) is 0 Å². The summed E-state index contributed by atoms with van der Waals surface area (Å²) >= 11 is 0. The van der Waals surface area contributed by atoms with E-state index in [0.29, 0.717) is 16.2 Å². The highest BCUT2D eigenvalue weighted by molar-refractivity contribution is 5.16. The molecule has 0 radical (unpaired) electrons. The molecule has 0 aromatic rings. The van der Waals surface area contributed by atoms with E-state index in [2.05, 4.69) is 27.7 Å². The molecule has 0 N–H and O–H groups in total. The van der Waals surface area contributed by atoms with Crippen molar-refractivity contribution in [2.24, 2.45) is 51.8 Å². The summed E-state index contributed by atoms with van der Waals surface area (Å²) in [5.74, 6) is 6.38. The van der Waals surface area contributed by atoms with Crippen LogP contribution in [-0.2, 0) is 0 Å². The molecule has 0 aromatic heterocycles. The van der Waals surface area contributed by atoms with Crippen molar-refractivity contribution in [2.75, 3.05) is 0 Å². The highest BCUT2D eigenvalue weighted by Crippen LogP contribution is 2.75. The molecule has 0 bridgehead atoms. The first-order valence-electron chi connectivity index (χ1n) is 11.9. The molecule has 5 saturated carbocycles. The fourth-order valence-electron chi connectivity index (χ4n) is 10.2. The average molecular weight is 343 g/mol. The van der Waals surface area contributed by atoms with E-state index in [1.807, 2.05) is 0 Å². The summed E-state index contributed by atoms with van der Waals surface area (Å²) in [6.45, 7) is 10.9. The van der Waals surface area contributed by atoms with Gasteiger partial charge in [-0.3, -0.25) is 0 Å². The van der Waals surface area contributed by atoms with Crippen LogP contribution in [0.2, 0.25) is 0 Å². The molecule has 0 saturated heterocycles. The van der Waals surface area contributed by atoms with Gasteiger partial charge in [0.15, 0.2) is 0 Å². The molecule has 0 aromatic carbocycles. The van der Waals surface area contributed by atoms with Crippen LogP contribution in [0.1, 0.15) is 105 Å². The first-order chi connectivity index (χ1) is 11.9. The standard InChI is InChI=1S/C25H42/c1-17-7-6-14-23(2)21(17)13-15-24(3)22-11-10-18-8-5-9-19(18)20(22)12-16-25(23,24)4/h17-22H,5-16H2,1-4H3. The fraction of sp³-hybridized carbons (Fsp3) is 1.00. The Morgan fingerprint density at radius 2 is 1.40 bits per heavy atom. The second-order valence-electron chi connectivity index (χ2n) is 11.9. The van der Waals surface area contributed by atoms with Crippen molar-refractivity contribution in [3.8, 4) is 0 Å². The zero-order valence-corrected chi connectivity index (χ0v) is 17.4. The lowest BCUT2D eigenvalue weighted by molar-refractivity contribution is -0.232. The summed E-state index contributed by atoms with van der Waals surface area (Å²) < 4.78 is 0. The lowest BCUT2D eigenvalue weighted by Crippen LogP contribution is -2.64. The average Bonchev–Trinajstić information content (AvgIpc) is 3.06. The van der Waals surface area contributed by atoms with Gasteiger partial charge in [-0.1, -0.05) is 53.4 Å². The summed E-state index contributed by atoms with van der Waals surface area (Å²) in [6, 6.07) is 0. The Labute approximate surface area is 156 Å². The Bertz CT molecular complexity index is 536. The maximum absolute atomic E-state index is 2.79. The topological polar surface area (TPSA) is 0 Å². The molecule has 25 heavy (non-hydrogen) atoms. The van der Waals surface area contributed by atoms with Crippen molar-refractivity contribution >= 4 is 0 Å². The fourth-order valence-corrected chi connectivity index (χ4v) is 10.2. The van der Waals surface area contributed by atoms with E-state index < -0.39 is 0 Å². The quantitative estimate of drug-likeness (QED) is 0.428. The van der Waals surface area contributed by atoms with Gasteiger partial charge in [0, 0.05) is 0 Å². The molecule has 0 spiro atoms. The predicted octanol–water partition coefficient (Wildman–Crippen LogP) is 7.47. The van der Waals surface area contributed by atoms with E-state index in [1.54, 1.807) is 57.8 Å². The lowest BCUT2D eigenvalue weighted by Gasteiger charge is -2.72. The largest absolute Gasteiger partial charge is 0.0622 e. The Hall–Kier alpha value is 0. The highest BCUT2D eigenvalue weighted by Gasteiger charge is 2.67. The van der Waals surface area contributed by atoms with Gasteiger partial charge in [-0.2, -0.15) is 0 Å². The van der Waals surface area contributed by atoms with E-state index >= 15 is 0 Å². The van der Waals surface area contributed by atoms with E-state index in [0.717, 1.165) is 35.5 Å². The van der Waals surface area contributed by atoms with Crippen molar-refractivity contribution in [3.63, 3.8) is 0 Å². The molecule has 0 heteroatoms. The van der Waals surface area contributed by atoms with Crippen molar-refractivity contribution in [1.29, 1.82) is 0 Å². The molecule has 5 aliphatic carbocycles. The Morgan fingerprint density at radius 3 is 2.24 bits per heavy atom. The van der Waals surface area contributed by atoms with Crippen molar-refractivity contribution in [1.82, 2.24) is 0 Å². The van der Waals surface area contributed by atoms with Crippen molar-refractivity contribution in [3.05, 3.63) is 0 Å². The summed E-state index contributed by atoms with van der Waals surface area (Å²) in [4.78, 5) is 0. The molecular formula is C25H42. The van der Waals surface area contributed by atoms with Gasteiger partial charge in [0.2, 0.25) is 0 Å². The monoisotopic (exact) mass is 342 g/mol. The van der Waals surface area contributed by atoms with Crippen molar-refractivity contribution in [2.45, 2.75) is 105 Å². The second kappa shape index (κ2) is 5.51. The van der Waals surface area contributed by atoms with Crippen LogP contribution in [0.25, 0.3) is 0 Å². The molecule has 9 unspecified atom stereocenters. The highest BCUT2D eigenvalue weighted by atomic mass is 14.7. The molecule has 0 aliphatic heterocycles. The molecule has 5 aliphatic rings. The van der Waals surface area contributed by atoms with E-state index in [1.165, 1.54) is 19.3 Å². The zero-order chi connectivity index (χ0) is 17.4. The van der Waals surface area contributed by atoms with E-state index in [9.17, 15) is 0 Å². The van der Waals surface area contributed by atoms with Crippen LogP contribution in [0.3, 0.4) is 0 Å². The summed E-state index contributed by atoms with van der Waals surface area (Å²) in [7, 11) is 0. The van der Waals surface area contributed by atoms with Gasteiger partial charge in [-0.25, -0.2) is 0 Å². The number of rotatable bonds is 0. The van der Waals surface area contributed by atoms with Crippen LogP contribution in [0.4, 0.5) is 0 Å². The van der Waals surface area contributed by atoms with Gasteiger partial charge in [0.25, 0.3) is 0 Å². The SMILES string of the molecule is CC1CCCC2(C)C1CCC1(C)C3CCC4CCCC4C3CCC21C. The van der Waals surface area contributed by atoms with Crippen molar-refractivity contribution < 1.29 is 0 Å². The van der Waals surface area contributed by atoms with Gasteiger partial charge >= 0.3 is 0 Å². The molecule has 0 heterocycles. The maximum Gasteiger partial charge on any atom is -0.0212 e. The third-order valence-corrected chi connectivity index (χ3v) is 11.8. The number of fused-ring (bicyclic) bond motifs is 7. The maximum atomic E-state index is 2.79. The van der Waals surface area contributed by atoms with Gasteiger partial charge in [-0.05, 0) is 103 Å². The first kappa shape index (κ1) is 17.1. The smallest absolute Gasteiger partial charge is 0.0212 e. The normalized spacial score (nSPS) is 61.0. The molecular weight excluding hydrogens is 300 g/mol. The summed E-state index contributed by atoms with van der Waals surface area (Å²) in [6.07, 6.45) is 18.6. The van der Waals surface area contributed by atoms with Crippen LogP contribution in [0.5, 0.6) is 0 Å². The zero-order valence-electron chi connectivity index (χ0n) is 17.4. The minimum atomic E-state index is 0.601. The Morgan fingerprint density at radius 1 is 0.600 bits per heavy atom. The van der Waals surface area contributed by atoms with Crippen LogP contribution >= 0.6 is 0 Å². The molecule has 5 rings (SSSR count). The van der Waals surface area contributed by atoms with Gasteiger partial charge < -0.3 is 0 Å². The Kier molecular flexibility index (Phi) is 3.77. The second-order valence-corrected chi connectivity index (χ2v) is 11.9. The first-order valence-corrected chi connectivity index (χ1v) is 11.9. The van der Waals surface area contributed by atoms with Crippen LogP contribution in [0, 0.1) is 51.8 Å². The third kappa shape index (κ3) is 2.01. The molecule has 142 valence electrons. The minimum Gasteiger partial charge on any atom is -0.0622 e. The molecule has 9 atom stereocenters. The van der Waals surface area contributed by atoms with E-state index in [-0.39, 0.29) is 0 Å². The van der Waals surface area contributed by atoms with Crippen LogP contribution in [-0.4, -0.2) is 0 Å². The summed E-state index contributed by atoms with van der Waals surface area (Å²) in [5.41, 5.74) is 1.85. The Balaban J connectivity index is 1.53. The predicted molar refractivity (Wildman–Crippen MR) is 106 cm³/mol. The third-order valence-electron chi connectivity index (χ3n) is 11.8. The van der Waals surface area contributed by atoms with Crippen LogP contribution in [0.15, 0.2) is 0 Å². The lowest BCUT2D eigenvalue weighted by atomic mass is 9.33. The minimum absolute atomic E-state index is 0.601. The van der Waals surface area contributed by atoms with Gasteiger partial charge in [-0.15, -0.1) is 0 Å². The summed E-state index contributed by atoms with van der Waals surface area (Å²) in [5, 5.41) is 0. The van der Waals surface area contributed by atoms with E-state index in [4.69, 9.17) is 0 Å².